The Morgan fingerprint density at radius 2 is 1.91 bits per heavy atom. The molecule has 23 heavy (non-hydrogen) atoms. The van der Waals surface area contributed by atoms with Crippen molar-refractivity contribution < 1.29 is 9.59 Å². The SMILES string of the molecule is Nc1ccc(CCNC(=O)C2CC(=O)N(C3CCCC3)C2)cc1. The second kappa shape index (κ2) is 7.02. The van der Waals surface area contributed by atoms with Gasteiger partial charge in [0.1, 0.15) is 0 Å². The van der Waals surface area contributed by atoms with E-state index >= 15 is 0 Å². The minimum absolute atomic E-state index is 0.00860. The van der Waals surface area contributed by atoms with Gasteiger partial charge >= 0.3 is 0 Å². The highest BCUT2D eigenvalue weighted by Crippen LogP contribution is 2.29. The second-order valence-corrected chi connectivity index (χ2v) is 6.67. The van der Waals surface area contributed by atoms with Gasteiger partial charge in [-0.2, -0.15) is 0 Å². The number of rotatable bonds is 5. The summed E-state index contributed by atoms with van der Waals surface area (Å²) in [6.07, 6.45) is 5.73. The van der Waals surface area contributed by atoms with Crippen molar-refractivity contribution in [2.75, 3.05) is 18.8 Å². The summed E-state index contributed by atoms with van der Waals surface area (Å²) >= 11 is 0. The van der Waals surface area contributed by atoms with Gasteiger partial charge in [0.15, 0.2) is 0 Å². The van der Waals surface area contributed by atoms with Gasteiger partial charge in [0.05, 0.1) is 5.92 Å². The van der Waals surface area contributed by atoms with Gasteiger partial charge < -0.3 is 16.0 Å². The summed E-state index contributed by atoms with van der Waals surface area (Å²) in [5.74, 6) is -0.0283. The molecule has 5 heteroatoms. The van der Waals surface area contributed by atoms with E-state index in [0.29, 0.717) is 25.6 Å². The van der Waals surface area contributed by atoms with Crippen LogP contribution in [-0.4, -0.2) is 35.8 Å². The zero-order valence-electron chi connectivity index (χ0n) is 13.5. The lowest BCUT2D eigenvalue weighted by Crippen LogP contribution is -2.37. The predicted molar refractivity (Wildman–Crippen MR) is 89.6 cm³/mol. The van der Waals surface area contributed by atoms with Gasteiger partial charge in [0, 0.05) is 31.2 Å². The highest BCUT2D eigenvalue weighted by Gasteiger charge is 2.38. The van der Waals surface area contributed by atoms with Crippen LogP contribution in [0.1, 0.15) is 37.7 Å². The zero-order chi connectivity index (χ0) is 16.2. The highest BCUT2D eigenvalue weighted by molar-refractivity contribution is 5.89. The van der Waals surface area contributed by atoms with E-state index in [0.717, 1.165) is 30.5 Å². The number of nitrogens with two attached hydrogens (primary N) is 1. The Labute approximate surface area is 137 Å². The van der Waals surface area contributed by atoms with Gasteiger partial charge in [-0.15, -0.1) is 0 Å². The maximum absolute atomic E-state index is 12.3. The molecule has 1 unspecified atom stereocenters. The second-order valence-electron chi connectivity index (χ2n) is 6.67. The van der Waals surface area contributed by atoms with E-state index in [1.165, 1.54) is 12.8 Å². The largest absolute Gasteiger partial charge is 0.399 e. The van der Waals surface area contributed by atoms with Crippen molar-refractivity contribution in [3.05, 3.63) is 29.8 Å². The first-order chi connectivity index (χ1) is 11.1. The van der Waals surface area contributed by atoms with E-state index in [1.54, 1.807) is 0 Å². The number of hydrogen-bond acceptors (Lipinski definition) is 3. The summed E-state index contributed by atoms with van der Waals surface area (Å²) in [4.78, 5) is 26.4. The van der Waals surface area contributed by atoms with Crippen LogP contribution in [0.5, 0.6) is 0 Å². The molecule has 1 aromatic carbocycles. The number of nitrogens with zero attached hydrogens (tertiary/aromatic N) is 1. The Morgan fingerprint density at radius 1 is 1.22 bits per heavy atom. The van der Waals surface area contributed by atoms with E-state index < -0.39 is 0 Å². The average molecular weight is 315 g/mol. The maximum Gasteiger partial charge on any atom is 0.225 e. The summed E-state index contributed by atoms with van der Waals surface area (Å²) in [6.45, 7) is 1.19. The minimum atomic E-state index is -0.186. The minimum Gasteiger partial charge on any atom is -0.399 e. The van der Waals surface area contributed by atoms with Crippen molar-refractivity contribution in [2.24, 2.45) is 5.92 Å². The first-order valence-electron chi connectivity index (χ1n) is 8.55. The molecule has 0 bridgehead atoms. The normalized spacial score (nSPS) is 21.8. The van der Waals surface area contributed by atoms with Gasteiger partial charge in [-0.1, -0.05) is 25.0 Å². The number of carbonyl (C=O) groups is 2. The Kier molecular flexibility index (Phi) is 4.84. The molecule has 3 N–H and O–H groups in total. The summed E-state index contributed by atoms with van der Waals surface area (Å²) in [5, 5.41) is 2.97. The molecular formula is C18H25N3O2. The summed E-state index contributed by atoms with van der Waals surface area (Å²) in [5.41, 5.74) is 7.55. The summed E-state index contributed by atoms with van der Waals surface area (Å²) < 4.78 is 0. The number of nitrogens with one attached hydrogen (secondary N) is 1. The molecule has 1 saturated heterocycles. The van der Waals surface area contributed by atoms with Gasteiger partial charge in [-0.05, 0) is 37.0 Å². The molecule has 2 aliphatic rings. The van der Waals surface area contributed by atoms with Crippen LogP contribution in [0.4, 0.5) is 5.69 Å². The van der Waals surface area contributed by atoms with Crippen LogP contribution < -0.4 is 11.1 Å². The third-order valence-electron chi connectivity index (χ3n) is 4.99. The van der Waals surface area contributed by atoms with Gasteiger partial charge in [-0.25, -0.2) is 0 Å². The van der Waals surface area contributed by atoms with Gasteiger partial charge in [-0.3, -0.25) is 9.59 Å². The molecule has 0 spiro atoms. The molecule has 2 fully saturated rings. The highest BCUT2D eigenvalue weighted by atomic mass is 16.2. The first-order valence-corrected chi connectivity index (χ1v) is 8.55. The number of nitrogen functional groups attached to an aromatic ring is 1. The molecule has 1 aromatic rings. The Balaban J connectivity index is 1.45. The molecule has 124 valence electrons. The fraction of sp³-hybridized carbons (Fsp3) is 0.556. The number of benzene rings is 1. The van der Waals surface area contributed by atoms with Crippen molar-refractivity contribution in [2.45, 2.75) is 44.6 Å². The lowest BCUT2D eigenvalue weighted by molar-refractivity contribution is -0.130. The molecule has 1 aliphatic carbocycles. The van der Waals surface area contributed by atoms with Crippen LogP contribution in [0.3, 0.4) is 0 Å². The quantitative estimate of drug-likeness (QED) is 0.812. The number of carbonyl (C=O) groups excluding carboxylic acids is 2. The smallest absolute Gasteiger partial charge is 0.225 e. The van der Waals surface area contributed by atoms with E-state index in [2.05, 4.69) is 5.32 Å². The molecule has 0 radical (unpaired) electrons. The van der Waals surface area contributed by atoms with Crippen LogP contribution in [0, 0.1) is 5.92 Å². The van der Waals surface area contributed by atoms with Crippen molar-refractivity contribution >= 4 is 17.5 Å². The fourth-order valence-electron chi connectivity index (χ4n) is 3.63. The van der Waals surface area contributed by atoms with Gasteiger partial charge in [0.25, 0.3) is 0 Å². The van der Waals surface area contributed by atoms with Crippen molar-refractivity contribution in [3.63, 3.8) is 0 Å². The zero-order valence-corrected chi connectivity index (χ0v) is 13.5. The molecule has 5 nitrogen and oxygen atoms in total. The van der Waals surface area contributed by atoms with Crippen LogP contribution in [-0.2, 0) is 16.0 Å². The number of amides is 2. The summed E-state index contributed by atoms with van der Waals surface area (Å²) in [6, 6.07) is 8.05. The Morgan fingerprint density at radius 3 is 2.61 bits per heavy atom. The third-order valence-corrected chi connectivity index (χ3v) is 4.99. The number of hydrogen-bond donors (Lipinski definition) is 2. The van der Waals surface area contributed by atoms with Crippen molar-refractivity contribution in [1.82, 2.24) is 10.2 Å². The molecule has 0 aromatic heterocycles. The Bertz CT molecular complexity index is 564. The molecule has 3 rings (SSSR count). The van der Waals surface area contributed by atoms with Crippen molar-refractivity contribution in [1.29, 1.82) is 0 Å². The molecule has 1 atom stereocenters. The van der Waals surface area contributed by atoms with Crippen LogP contribution >= 0.6 is 0 Å². The monoisotopic (exact) mass is 315 g/mol. The summed E-state index contributed by atoms with van der Waals surface area (Å²) in [7, 11) is 0. The van der Waals surface area contributed by atoms with Crippen LogP contribution in [0.25, 0.3) is 0 Å². The topological polar surface area (TPSA) is 75.4 Å². The number of anilines is 1. The van der Waals surface area contributed by atoms with E-state index in [9.17, 15) is 9.59 Å². The molecule has 1 aliphatic heterocycles. The standard InChI is InChI=1S/C18H25N3O2/c19-15-7-5-13(6-8-15)9-10-20-18(23)14-11-17(22)21(12-14)16-3-1-2-4-16/h5-8,14,16H,1-4,9-12,19H2,(H,20,23). The van der Waals surface area contributed by atoms with Crippen LogP contribution in [0.2, 0.25) is 0 Å². The third kappa shape index (κ3) is 3.84. The lowest BCUT2D eigenvalue weighted by atomic mass is 10.1. The first kappa shape index (κ1) is 15.8. The Hall–Kier alpha value is -2.04. The molecule has 1 heterocycles. The number of likely N-dealkylation sites (tertiary alicyclic amines) is 1. The molecular weight excluding hydrogens is 290 g/mol. The van der Waals surface area contributed by atoms with Crippen LogP contribution in [0.15, 0.2) is 24.3 Å². The van der Waals surface area contributed by atoms with E-state index in [1.807, 2.05) is 29.2 Å². The lowest BCUT2D eigenvalue weighted by Gasteiger charge is -2.23. The maximum atomic E-state index is 12.3. The van der Waals surface area contributed by atoms with E-state index in [-0.39, 0.29) is 17.7 Å². The van der Waals surface area contributed by atoms with Crippen molar-refractivity contribution in [3.8, 4) is 0 Å². The van der Waals surface area contributed by atoms with Gasteiger partial charge in [0.2, 0.25) is 11.8 Å². The fourth-order valence-corrected chi connectivity index (χ4v) is 3.63. The average Bonchev–Trinajstić information content (AvgIpc) is 3.18. The van der Waals surface area contributed by atoms with E-state index in [4.69, 9.17) is 5.73 Å². The predicted octanol–water partition coefficient (Wildman–Crippen LogP) is 1.72. The molecule has 2 amide bonds. The molecule has 1 saturated carbocycles.